The van der Waals surface area contributed by atoms with E-state index in [0.717, 1.165) is 11.3 Å². The highest BCUT2D eigenvalue weighted by molar-refractivity contribution is 5.92. The summed E-state index contributed by atoms with van der Waals surface area (Å²) in [5.41, 5.74) is 2.12. The Morgan fingerprint density at radius 2 is 2.00 bits per heavy atom. The van der Waals surface area contributed by atoms with Gasteiger partial charge in [0.1, 0.15) is 11.4 Å². The summed E-state index contributed by atoms with van der Waals surface area (Å²) < 4.78 is 0. The summed E-state index contributed by atoms with van der Waals surface area (Å²) >= 11 is 0. The highest BCUT2D eigenvalue weighted by atomic mass is 16.3. The zero-order valence-corrected chi connectivity index (χ0v) is 12.7. The monoisotopic (exact) mass is 303 g/mol. The Bertz CT molecular complexity index is 620. The first kappa shape index (κ1) is 16.0. The van der Waals surface area contributed by atoms with Crippen molar-refractivity contribution in [3.8, 4) is 5.75 Å². The maximum absolute atomic E-state index is 12.1. The summed E-state index contributed by atoms with van der Waals surface area (Å²) in [6, 6.07) is 7.99. The number of hydrogen-bond acceptors (Lipinski definition) is 4. The van der Waals surface area contributed by atoms with Crippen LogP contribution in [0, 0.1) is 0 Å². The summed E-state index contributed by atoms with van der Waals surface area (Å²) in [7, 11) is 0. The van der Waals surface area contributed by atoms with Crippen LogP contribution in [0.25, 0.3) is 0 Å². The number of rotatable bonds is 6. The van der Waals surface area contributed by atoms with E-state index in [0.29, 0.717) is 12.1 Å². The number of H-pyrrole nitrogens is 1. The minimum absolute atomic E-state index is 0.173. The largest absolute Gasteiger partial charge is 0.508 e. The van der Waals surface area contributed by atoms with Gasteiger partial charge in [-0.2, -0.15) is 5.10 Å². The fourth-order valence-corrected chi connectivity index (χ4v) is 2.09. The molecule has 0 radical (unpaired) electrons. The van der Waals surface area contributed by atoms with Gasteiger partial charge in [-0.05, 0) is 36.1 Å². The number of phenolic OH excluding ortho intramolecular Hbond substituents is 1. The zero-order valence-electron chi connectivity index (χ0n) is 12.7. The highest BCUT2D eigenvalue weighted by Gasteiger charge is 2.17. The van der Waals surface area contributed by atoms with Crippen LogP contribution >= 0.6 is 0 Å². The molecule has 118 valence electrons. The fraction of sp³-hybridized carbons (Fsp3) is 0.375. The van der Waals surface area contributed by atoms with Crippen molar-refractivity contribution in [1.82, 2.24) is 15.5 Å². The summed E-state index contributed by atoms with van der Waals surface area (Å²) in [5, 5.41) is 28.3. The van der Waals surface area contributed by atoms with Crippen LogP contribution in [0.15, 0.2) is 30.3 Å². The van der Waals surface area contributed by atoms with Gasteiger partial charge in [-0.3, -0.25) is 9.89 Å². The molecule has 0 aliphatic rings. The lowest BCUT2D eigenvalue weighted by Crippen LogP contribution is -2.39. The molecule has 1 heterocycles. The second kappa shape index (κ2) is 7.09. The minimum atomic E-state index is -0.406. The average molecular weight is 303 g/mol. The van der Waals surface area contributed by atoms with E-state index in [-0.39, 0.29) is 24.2 Å². The number of aromatic nitrogens is 2. The normalized spacial score (nSPS) is 12.4. The quantitative estimate of drug-likeness (QED) is 0.651. The molecule has 6 heteroatoms. The molecule has 0 aliphatic heterocycles. The molecule has 22 heavy (non-hydrogen) atoms. The third-order valence-corrected chi connectivity index (χ3v) is 3.43. The Hall–Kier alpha value is -2.34. The lowest BCUT2D eigenvalue weighted by molar-refractivity contribution is 0.0911. The Morgan fingerprint density at radius 3 is 2.55 bits per heavy atom. The second-order valence-corrected chi connectivity index (χ2v) is 5.59. The summed E-state index contributed by atoms with van der Waals surface area (Å²) in [4.78, 5) is 12.1. The molecule has 0 saturated carbocycles. The molecular weight excluding hydrogens is 282 g/mol. The number of carbonyl (C=O) groups is 1. The van der Waals surface area contributed by atoms with Crippen molar-refractivity contribution in [2.24, 2.45) is 0 Å². The molecule has 1 amide bonds. The number of benzene rings is 1. The topological polar surface area (TPSA) is 98.2 Å². The molecule has 1 aromatic heterocycles. The van der Waals surface area contributed by atoms with E-state index in [1.165, 1.54) is 0 Å². The van der Waals surface area contributed by atoms with Crippen molar-refractivity contribution in [3.63, 3.8) is 0 Å². The lowest BCUT2D eigenvalue weighted by atomic mass is 10.1. The Labute approximate surface area is 129 Å². The van der Waals surface area contributed by atoms with E-state index >= 15 is 0 Å². The number of phenols is 1. The van der Waals surface area contributed by atoms with Crippen LogP contribution in [-0.2, 0) is 6.42 Å². The number of aromatic hydroxyl groups is 1. The first-order valence-electron chi connectivity index (χ1n) is 7.24. The Balaban J connectivity index is 1.99. The molecule has 0 unspecified atom stereocenters. The zero-order chi connectivity index (χ0) is 16.1. The van der Waals surface area contributed by atoms with Gasteiger partial charge in [-0.25, -0.2) is 0 Å². The van der Waals surface area contributed by atoms with Crippen LogP contribution in [0.3, 0.4) is 0 Å². The van der Waals surface area contributed by atoms with E-state index in [9.17, 15) is 15.0 Å². The maximum atomic E-state index is 12.1. The molecule has 0 saturated heterocycles. The van der Waals surface area contributed by atoms with Gasteiger partial charge in [0.15, 0.2) is 0 Å². The minimum Gasteiger partial charge on any atom is -0.508 e. The number of carbonyl (C=O) groups excluding carboxylic acids is 1. The van der Waals surface area contributed by atoms with Gasteiger partial charge in [0.25, 0.3) is 5.91 Å². The number of nitrogens with one attached hydrogen (secondary N) is 2. The average Bonchev–Trinajstić information content (AvgIpc) is 2.99. The number of hydrogen-bond donors (Lipinski definition) is 4. The van der Waals surface area contributed by atoms with Crippen LogP contribution < -0.4 is 5.32 Å². The Morgan fingerprint density at radius 1 is 1.32 bits per heavy atom. The van der Waals surface area contributed by atoms with Crippen LogP contribution in [0.4, 0.5) is 0 Å². The van der Waals surface area contributed by atoms with Crippen LogP contribution in [0.5, 0.6) is 5.75 Å². The van der Waals surface area contributed by atoms with Gasteiger partial charge in [-0.1, -0.05) is 26.0 Å². The molecule has 0 fully saturated rings. The van der Waals surface area contributed by atoms with Crippen molar-refractivity contribution in [2.75, 3.05) is 6.61 Å². The highest BCUT2D eigenvalue weighted by Crippen LogP contribution is 2.13. The lowest BCUT2D eigenvalue weighted by Gasteiger charge is -2.15. The summed E-state index contributed by atoms with van der Waals surface area (Å²) in [6.07, 6.45) is 0.476. The number of amides is 1. The maximum Gasteiger partial charge on any atom is 0.272 e. The number of aliphatic hydroxyl groups excluding tert-OH is 1. The molecule has 0 spiro atoms. The van der Waals surface area contributed by atoms with Crippen molar-refractivity contribution in [3.05, 3.63) is 47.3 Å². The standard InChI is InChI=1S/C16H21N3O3/c1-10(2)14-8-15(19-18-14)16(22)17-12(9-20)7-11-3-5-13(21)6-4-11/h3-6,8,10,12,20-21H,7,9H2,1-2H3,(H,17,22)(H,18,19)/t12-/m0/s1. The van der Waals surface area contributed by atoms with E-state index in [4.69, 9.17) is 0 Å². The van der Waals surface area contributed by atoms with E-state index in [1.807, 2.05) is 13.8 Å². The van der Waals surface area contributed by atoms with E-state index in [2.05, 4.69) is 15.5 Å². The van der Waals surface area contributed by atoms with Gasteiger partial charge in [0, 0.05) is 5.69 Å². The fourth-order valence-electron chi connectivity index (χ4n) is 2.09. The van der Waals surface area contributed by atoms with Crippen molar-refractivity contribution >= 4 is 5.91 Å². The van der Waals surface area contributed by atoms with E-state index < -0.39 is 6.04 Å². The molecule has 0 aliphatic carbocycles. The molecule has 1 atom stereocenters. The predicted molar refractivity (Wildman–Crippen MR) is 82.8 cm³/mol. The van der Waals surface area contributed by atoms with Crippen LogP contribution in [0.1, 0.15) is 41.5 Å². The van der Waals surface area contributed by atoms with Gasteiger partial charge in [0.2, 0.25) is 0 Å². The molecule has 6 nitrogen and oxygen atoms in total. The SMILES string of the molecule is CC(C)c1cc(C(=O)N[C@H](CO)Cc2ccc(O)cc2)n[nH]1. The summed E-state index contributed by atoms with van der Waals surface area (Å²) in [5.74, 6) is 0.131. The second-order valence-electron chi connectivity index (χ2n) is 5.59. The van der Waals surface area contributed by atoms with Gasteiger partial charge < -0.3 is 15.5 Å². The Kier molecular flexibility index (Phi) is 5.16. The summed E-state index contributed by atoms with van der Waals surface area (Å²) in [6.45, 7) is 3.85. The smallest absolute Gasteiger partial charge is 0.272 e. The molecule has 4 N–H and O–H groups in total. The van der Waals surface area contributed by atoms with Gasteiger partial charge >= 0.3 is 0 Å². The van der Waals surface area contributed by atoms with E-state index in [1.54, 1.807) is 30.3 Å². The molecule has 0 bridgehead atoms. The van der Waals surface area contributed by atoms with Crippen molar-refractivity contribution < 1.29 is 15.0 Å². The first-order valence-corrected chi connectivity index (χ1v) is 7.24. The first-order chi connectivity index (χ1) is 10.5. The number of aliphatic hydroxyl groups is 1. The number of nitrogens with zero attached hydrogens (tertiary/aromatic N) is 1. The molecule has 2 aromatic rings. The van der Waals surface area contributed by atoms with Crippen LogP contribution in [-0.4, -0.2) is 39.0 Å². The molecule has 1 aromatic carbocycles. The number of aromatic amines is 1. The predicted octanol–water partition coefficient (Wildman–Crippen LogP) is 1.57. The van der Waals surface area contributed by atoms with Gasteiger partial charge in [0.05, 0.1) is 12.6 Å². The molecule has 2 rings (SSSR count). The third-order valence-electron chi connectivity index (χ3n) is 3.43. The molecular formula is C16H21N3O3. The van der Waals surface area contributed by atoms with Gasteiger partial charge in [-0.15, -0.1) is 0 Å². The van der Waals surface area contributed by atoms with Crippen LogP contribution in [0.2, 0.25) is 0 Å². The van der Waals surface area contributed by atoms with Crippen molar-refractivity contribution in [2.45, 2.75) is 32.2 Å². The third kappa shape index (κ3) is 4.08. The van der Waals surface area contributed by atoms with Crippen molar-refractivity contribution in [1.29, 1.82) is 0 Å².